The number of fused-ring (bicyclic) bond motifs is 1. The van der Waals surface area contributed by atoms with Crippen LogP contribution in [0.2, 0.25) is 0 Å². The summed E-state index contributed by atoms with van der Waals surface area (Å²) in [6, 6.07) is 8.58. The number of hydrogen-bond acceptors (Lipinski definition) is 6. The Bertz CT molecular complexity index is 847. The molecule has 3 aromatic heterocycles. The fourth-order valence-corrected chi connectivity index (χ4v) is 3.85. The number of anilines is 1. The first-order chi connectivity index (χ1) is 12.3. The second kappa shape index (κ2) is 7.37. The zero-order valence-electron chi connectivity index (χ0n) is 14.2. The minimum absolute atomic E-state index is 0.479. The van der Waals surface area contributed by atoms with Crippen molar-refractivity contribution in [2.24, 2.45) is 0 Å². The zero-order chi connectivity index (χ0) is 17.1. The lowest BCUT2D eigenvalue weighted by molar-refractivity contribution is 0.359. The van der Waals surface area contributed by atoms with Crippen molar-refractivity contribution >= 4 is 28.5 Å². The molecule has 4 heterocycles. The molecule has 5 nitrogen and oxygen atoms in total. The van der Waals surface area contributed by atoms with Gasteiger partial charge in [0.2, 0.25) is 0 Å². The van der Waals surface area contributed by atoms with Gasteiger partial charge in [0.25, 0.3) is 0 Å². The molecule has 4 rings (SSSR count). The van der Waals surface area contributed by atoms with Gasteiger partial charge >= 0.3 is 0 Å². The number of pyridine rings is 3. The van der Waals surface area contributed by atoms with E-state index in [2.05, 4.69) is 36.9 Å². The van der Waals surface area contributed by atoms with E-state index in [-0.39, 0.29) is 0 Å². The van der Waals surface area contributed by atoms with E-state index in [1.54, 1.807) is 6.20 Å². The van der Waals surface area contributed by atoms with Crippen molar-refractivity contribution in [1.29, 1.82) is 0 Å². The lowest BCUT2D eigenvalue weighted by atomic mass is 10.1. The third-order valence-corrected chi connectivity index (χ3v) is 5.53. The highest BCUT2D eigenvalue weighted by atomic mass is 32.2. The molecule has 0 aliphatic carbocycles. The molecule has 1 saturated heterocycles. The number of piperidine rings is 1. The highest BCUT2D eigenvalue weighted by Crippen LogP contribution is 2.28. The Labute approximate surface area is 152 Å². The largest absolute Gasteiger partial charge is 0.367 e. The van der Waals surface area contributed by atoms with Crippen molar-refractivity contribution in [1.82, 2.24) is 19.3 Å². The quantitative estimate of drug-likeness (QED) is 0.721. The molecule has 0 unspecified atom stereocenters. The Balaban J connectivity index is 1.61. The van der Waals surface area contributed by atoms with Crippen LogP contribution in [-0.4, -0.2) is 44.6 Å². The van der Waals surface area contributed by atoms with E-state index in [1.165, 1.54) is 0 Å². The second-order valence-electron chi connectivity index (χ2n) is 6.22. The molecule has 1 fully saturated rings. The molecule has 0 saturated carbocycles. The average molecular weight is 351 g/mol. The Hall–Kier alpha value is -2.18. The van der Waals surface area contributed by atoms with Crippen LogP contribution in [0.3, 0.4) is 0 Å². The zero-order valence-corrected chi connectivity index (χ0v) is 15.0. The summed E-state index contributed by atoms with van der Waals surface area (Å²) < 4.78 is 2.41. The van der Waals surface area contributed by atoms with Crippen LogP contribution in [0.25, 0.3) is 22.0 Å². The molecular formula is C19H21N5S. The van der Waals surface area contributed by atoms with Gasteiger partial charge in [-0.25, -0.2) is 4.98 Å². The maximum atomic E-state index is 4.60. The van der Waals surface area contributed by atoms with E-state index in [4.69, 9.17) is 0 Å². The highest BCUT2D eigenvalue weighted by Gasteiger charge is 2.19. The van der Waals surface area contributed by atoms with Gasteiger partial charge in [0, 0.05) is 60.3 Å². The van der Waals surface area contributed by atoms with Crippen molar-refractivity contribution in [3.05, 3.63) is 49.1 Å². The highest BCUT2D eigenvalue weighted by molar-refractivity contribution is 7.96. The third-order valence-electron chi connectivity index (χ3n) is 4.65. The van der Waals surface area contributed by atoms with Gasteiger partial charge in [-0.2, -0.15) is 0 Å². The Morgan fingerprint density at radius 2 is 2.00 bits per heavy atom. The molecule has 3 aromatic rings. The lowest BCUT2D eigenvalue weighted by Crippen LogP contribution is -2.35. The summed E-state index contributed by atoms with van der Waals surface area (Å²) >= 11 is 1.83. The number of nitrogens with one attached hydrogen (secondary N) is 1. The van der Waals surface area contributed by atoms with E-state index in [0.717, 1.165) is 53.8 Å². The fourth-order valence-electron chi connectivity index (χ4n) is 3.27. The summed E-state index contributed by atoms with van der Waals surface area (Å²) in [7, 11) is 0. The first kappa shape index (κ1) is 16.3. The van der Waals surface area contributed by atoms with Gasteiger partial charge in [0.15, 0.2) is 0 Å². The Morgan fingerprint density at radius 1 is 1.12 bits per heavy atom. The molecule has 25 heavy (non-hydrogen) atoms. The van der Waals surface area contributed by atoms with Crippen molar-refractivity contribution in [3.8, 4) is 11.3 Å². The van der Waals surface area contributed by atoms with Crippen molar-refractivity contribution in [2.75, 3.05) is 24.7 Å². The van der Waals surface area contributed by atoms with Gasteiger partial charge in [0.1, 0.15) is 5.82 Å². The number of nitrogens with zero attached hydrogens (tertiary/aromatic N) is 4. The SMILES string of the molecule is CSN1CCC(Nc2cc3c(-c4cccnc4)nccc3cn2)CC1. The van der Waals surface area contributed by atoms with Crippen LogP contribution < -0.4 is 5.32 Å². The van der Waals surface area contributed by atoms with Gasteiger partial charge in [-0.3, -0.25) is 14.3 Å². The van der Waals surface area contributed by atoms with Gasteiger partial charge in [-0.1, -0.05) is 11.9 Å². The molecule has 1 aliphatic heterocycles. The average Bonchev–Trinajstić information content (AvgIpc) is 2.69. The summed E-state index contributed by atoms with van der Waals surface area (Å²) in [4.78, 5) is 13.4. The molecule has 0 bridgehead atoms. The normalized spacial score (nSPS) is 16.2. The van der Waals surface area contributed by atoms with Crippen LogP contribution in [0.15, 0.2) is 49.1 Å². The minimum Gasteiger partial charge on any atom is -0.367 e. The smallest absolute Gasteiger partial charge is 0.126 e. The molecule has 0 aromatic carbocycles. The lowest BCUT2D eigenvalue weighted by Gasteiger charge is -2.30. The number of rotatable bonds is 4. The van der Waals surface area contributed by atoms with Crippen molar-refractivity contribution in [3.63, 3.8) is 0 Å². The van der Waals surface area contributed by atoms with Crippen molar-refractivity contribution < 1.29 is 0 Å². The number of aromatic nitrogens is 3. The predicted octanol–water partition coefficient (Wildman–Crippen LogP) is 3.85. The van der Waals surface area contributed by atoms with E-state index in [1.807, 2.05) is 48.7 Å². The summed E-state index contributed by atoms with van der Waals surface area (Å²) in [5.74, 6) is 0.924. The first-order valence-corrected chi connectivity index (χ1v) is 9.72. The van der Waals surface area contributed by atoms with Crippen LogP contribution in [0.5, 0.6) is 0 Å². The first-order valence-electron chi connectivity index (χ1n) is 8.54. The van der Waals surface area contributed by atoms with Crippen LogP contribution in [-0.2, 0) is 0 Å². The van der Waals surface area contributed by atoms with Crippen LogP contribution in [0.1, 0.15) is 12.8 Å². The molecule has 0 atom stereocenters. The van der Waals surface area contributed by atoms with Crippen LogP contribution >= 0.6 is 11.9 Å². The molecule has 0 radical (unpaired) electrons. The molecule has 0 amide bonds. The third kappa shape index (κ3) is 3.60. The van der Waals surface area contributed by atoms with Crippen LogP contribution in [0.4, 0.5) is 5.82 Å². The molecule has 1 N–H and O–H groups in total. The summed E-state index contributed by atoms with van der Waals surface area (Å²) in [6.45, 7) is 2.24. The van der Waals surface area contributed by atoms with Gasteiger partial charge < -0.3 is 5.32 Å². The van der Waals surface area contributed by atoms with Gasteiger partial charge in [0.05, 0.1) is 5.69 Å². The van der Waals surface area contributed by atoms with Gasteiger partial charge in [-0.05, 0) is 43.4 Å². The molecule has 1 aliphatic rings. The molecule has 0 spiro atoms. The fraction of sp³-hybridized carbons (Fsp3) is 0.316. The van der Waals surface area contributed by atoms with Crippen LogP contribution in [0, 0.1) is 0 Å². The Morgan fingerprint density at radius 3 is 2.76 bits per heavy atom. The topological polar surface area (TPSA) is 53.9 Å². The summed E-state index contributed by atoms with van der Waals surface area (Å²) in [6.07, 6.45) is 11.8. The standard InChI is InChI=1S/C19H21N5S/c1-25-24-9-5-16(6-10-24)23-18-11-17-14(13-22-18)4-8-21-19(17)15-3-2-7-20-12-15/h2-4,7-8,11-13,16H,5-6,9-10H2,1H3,(H,22,23). The Kier molecular flexibility index (Phi) is 4.81. The summed E-state index contributed by atoms with van der Waals surface area (Å²) in [5.41, 5.74) is 1.98. The molecular weight excluding hydrogens is 330 g/mol. The molecule has 6 heteroatoms. The minimum atomic E-state index is 0.479. The van der Waals surface area contributed by atoms with E-state index in [0.29, 0.717) is 6.04 Å². The second-order valence-corrected chi connectivity index (χ2v) is 7.10. The predicted molar refractivity (Wildman–Crippen MR) is 105 cm³/mol. The van der Waals surface area contributed by atoms with E-state index < -0.39 is 0 Å². The summed E-state index contributed by atoms with van der Waals surface area (Å²) in [5, 5.41) is 5.81. The maximum Gasteiger partial charge on any atom is 0.126 e. The monoisotopic (exact) mass is 351 g/mol. The van der Waals surface area contributed by atoms with E-state index >= 15 is 0 Å². The van der Waals surface area contributed by atoms with Crippen molar-refractivity contribution in [2.45, 2.75) is 18.9 Å². The maximum absolute atomic E-state index is 4.60. The molecule has 128 valence electrons. The van der Waals surface area contributed by atoms with Gasteiger partial charge in [-0.15, -0.1) is 0 Å². The van der Waals surface area contributed by atoms with E-state index in [9.17, 15) is 0 Å². The number of hydrogen-bond donors (Lipinski definition) is 1.